The molecule has 2 N–H and O–H groups in total. The maximum Gasteiger partial charge on any atom is 0.308 e. The minimum atomic E-state index is -0.858. The molecule has 1 aliphatic heterocycles. The first-order chi connectivity index (χ1) is 11.5. The molecule has 5 heteroatoms. The molecule has 1 saturated heterocycles. The highest BCUT2D eigenvalue weighted by molar-refractivity contribution is 5.80. The predicted octanol–water partition coefficient (Wildman–Crippen LogP) is 3.02. The summed E-state index contributed by atoms with van der Waals surface area (Å²) in [4.78, 5) is 23.9. The number of nitrogens with one attached hydrogen (secondary N) is 1. The van der Waals surface area contributed by atoms with Gasteiger partial charge in [-0.15, -0.1) is 0 Å². The van der Waals surface area contributed by atoms with Crippen molar-refractivity contribution in [3.8, 4) is 0 Å². The summed E-state index contributed by atoms with van der Waals surface area (Å²) in [6, 6.07) is 9.74. The molecule has 0 spiro atoms. The third-order valence-electron chi connectivity index (χ3n) is 4.42. The first-order valence-corrected chi connectivity index (χ1v) is 8.66. The van der Waals surface area contributed by atoms with Crippen molar-refractivity contribution in [3.63, 3.8) is 0 Å². The summed E-state index contributed by atoms with van der Waals surface area (Å²) in [6.45, 7) is 4.79. The minimum Gasteiger partial charge on any atom is -0.481 e. The Morgan fingerprint density at radius 3 is 2.62 bits per heavy atom. The Labute approximate surface area is 143 Å². The lowest BCUT2D eigenvalue weighted by Crippen LogP contribution is -2.41. The highest BCUT2D eigenvalue weighted by atomic mass is 16.5. The van der Waals surface area contributed by atoms with Crippen molar-refractivity contribution >= 4 is 11.9 Å². The SMILES string of the molecule is CC(C)CC(CNC(=O)C1CCCOC1c1ccccc1)C(=O)O. The summed E-state index contributed by atoms with van der Waals surface area (Å²) in [5, 5.41) is 12.1. The van der Waals surface area contributed by atoms with Crippen LogP contribution in [0.2, 0.25) is 0 Å². The highest BCUT2D eigenvalue weighted by Crippen LogP contribution is 2.33. The van der Waals surface area contributed by atoms with Crippen LogP contribution in [0.25, 0.3) is 0 Å². The van der Waals surface area contributed by atoms with Gasteiger partial charge in [-0.05, 0) is 30.7 Å². The fourth-order valence-electron chi connectivity index (χ4n) is 3.22. The molecule has 132 valence electrons. The van der Waals surface area contributed by atoms with Crippen LogP contribution in [0.4, 0.5) is 0 Å². The molecule has 0 saturated carbocycles. The van der Waals surface area contributed by atoms with E-state index in [1.165, 1.54) is 0 Å². The van der Waals surface area contributed by atoms with E-state index in [4.69, 9.17) is 4.74 Å². The molecule has 1 aromatic carbocycles. The zero-order valence-corrected chi connectivity index (χ0v) is 14.4. The monoisotopic (exact) mass is 333 g/mol. The second-order valence-electron chi connectivity index (χ2n) is 6.86. The van der Waals surface area contributed by atoms with Gasteiger partial charge in [0.1, 0.15) is 0 Å². The zero-order chi connectivity index (χ0) is 17.5. The van der Waals surface area contributed by atoms with Gasteiger partial charge < -0.3 is 15.2 Å². The molecule has 1 aliphatic rings. The summed E-state index contributed by atoms with van der Waals surface area (Å²) in [6.07, 6.45) is 1.90. The molecule has 1 fully saturated rings. The Bertz CT molecular complexity index is 544. The van der Waals surface area contributed by atoms with E-state index in [1.54, 1.807) is 0 Å². The summed E-state index contributed by atoms with van der Waals surface area (Å²) in [5.41, 5.74) is 0.995. The number of aliphatic carboxylic acids is 1. The Hall–Kier alpha value is -1.88. The second-order valence-corrected chi connectivity index (χ2v) is 6.86. The molecule has 2 rings (SSSR count). The lowest BCUT2D eigenvalue weighted by atomic mass is 9.88. The maximum atomic E-state index is 12.6. The van der Waals surface area contributed by atoms with Crippen LogP contribution in [-0.2, 0) is 14.3 Å². The second kappa shape index (κ2) is 8.83. The average Bonchev–Trinajstić information content (AvgIpc) is 2.58. The number of hydrogen-bond acceptors (Lipinski definition) is 3. The minimum absolute atomic E-state index is 0.112. The number of ether oxygens (including phenoxy) is 1. The first kappa shape index (κ1) is 18.5. The predicted molar refractivity (Wildman–Crippen MR) is 91.4 cm³/mol. The molecular weight excluding hydrogens is 306 g/mol. The Morgan fingerprint density at radius 1 is 1.29 bits per heavy atom. The molecule has 5 nitrogen and oxygen atoms in total. The Balaban J connectivity index is 1.99. The summed E-state index contributed by atoms with van der Waals surface area (Å²) >= 11 is 0. The Kier molecular flexibility index (Phi) is 6.79. The number of carbonyl (C=O) groups excluding carboxylic acids is 1. The highest BCUT2D eigenvalue weighted by Gasteiger charge is 2.33. The van der Waals surface area contributed by atoms with Crippen molar-refractivity contribution < 1.29 is 19.4 Å². The number of carbonyl (C=O) groups is 2. The lowest BCUT2D eigenvalue weighted by molar-refractivity contribution is -0.142. The van der Waals surface area contributed by atoms with Gasteiger partial charge in [0, 0.05) is 13.2 Å². The number of hydrogen-bond donors (Lipinski definition) is 2. The molecule has 0 aliphatic carbocycles. The third-order valence-corrected chi connectivity index (χ3v) is 4.42. The average molecular weight is 333 g/mol. The fourth-order valence-corrected chi connectivity index (χ4v) is 3.22. The maximum absolute atomic E-state index is 12.6. The van der Waals surface area contributed by atoms with E-state index in [9.17, 15) is 14.7 Å². The molecule has 1 aromatic rings. The molecule has 1 amide bonds. The molecule has 3 atom stereocenters. The van der Waals surface area contributed by atoms with Gasteiger partial charge in [0.25, 0.3) is 0 Å². The topological polar surface area (TPSA) is 75.6 Å². The summed E-state index contributed by atoms with van der Waals surface area (Å²) < 4.78 is 5.84. The van der Waals surface area contributed by atoms with Gasteiger partial charge in [-0.25, -0.2) is 0 Å². The van der Waals surface area contributed by atoms with Crippen molar-refractivity contribution in [2.75, 3.05) is 13.2 Å². The van der Waals surface area contributed by atoms with Gasteiger partial charge in [0.2, 0.25) is 5.91 Å². The Morgan fingerprint density at radius 2 is 2.00 bits per heavy atom. The molecular formula is C19H27NO4. The van der Waals surface area contributed by atoms with Gasteiger partial charge >= 0.3 is 5.97 Å². The quantitative estimate of drug-likeness (QED) is 0.804. The third kappa shape index (κ3) is 5.06. The molecule has 1 heterocycles. The molecule has 0 aromatic heterocycles. The van der Waals surface area contributed by atoms with E-state index in [0.29, 0.717) is 13.0 Å². The van der Waals surface area contributed by atoms with Gasteiger partial charge in [0.15, 0.2) is 0 Å². The van der Waals surface area contributed by atoms with Crippen LogP contribution in [0.5, 0.6) is 0 Å². The van der Waals surface area contributed by atoms with Crippen LogP contribution in [0.15, 0.2) is 30.3 Å². The van der Waals surface area contributed by atoms with E-state index < -0.39 is 11.9 Å². The van der Waals surface area contributed by atoms with Crippen molar-refractivity contribution in [1.82, 2.24) is 5.32 Å². The smallest absolute Gasteiger partial charge is 0.308 e. The van der Waals surface area contributed by atoms with Gasteiger partial charge in [0.05, 0.1) is 17.9 Å². The molecule has 3 unspecified atom stereocenters. The number of benzene rings is 1. The van der Waals surface area contributed by atoms with Gasteiger partial charge in [-0.2, -0.15) is 0 Å². The van der Waals surface area contributed by atoms with Crippen molar-refractivity contribution in [2.45, 2.75) is 39.2 Å². The number of carboxylic acid groups (broad SMARTS) is 1. The lowest BCUT2D eigenvalue weighted by Gasteiger charge is -2.31. The largest absolute Gasteiger partial charge is 0.481 e. The summed E-state index contributed by atoms with van der Waals surface area (Å²) in [5.74, 6) is -1.51. The fraction of sp³-hybridized carbons (Fsp3) is 0.579. The van der Waals surface area contributed by atoms with Crippen LogP contribution >= 0.6 is 0 Å². The van der Waals surface area contributed by atoms with E-state index in [-0.39, 0.29) is 30.4 Å². The van der Waals surface area contributed by atoms with E-state index in [2.05, 4.69) is 5.32 Å². The molecule has 24 heavy (non-hydrogen) atoms. The number of carboxylic acids is 1. The number of amides is 1. The van der Waals surface area contributed by atoms with Crippen molar-refractivity contribution in [3.05, 3.63) is 35.9 Å². The van der Waals surface area contributed by atoms with Crippen LogP contribution in [-0.4, -0.2) is 30.1 Å². The molecule has 0 radical (unpaired) electrons. The summed E-state index contributed by atoms with van der Waals surface area (Å²) in [7, 11) is 0. The zero-order valence-electron chi connectivity index (χ0n) is 14.4. The standard InChI is InChI=1S/C19H27NO4/c1-13(2)11-15(19(22)23)12-20-18(21)16-9-6-10-24-17(16)14-7-4-3-5-8-14/h3-5,7-8,13,15-17H,6,9-12H2,1-2H3,(H,20,21)(H,22,23). The van der Waals surface area contributed by atoms with Gasteiger partial charge in [-0.3, -0.25) is 9.59 Å². The van der Waals surface area contributed by atoms with E-state index in [0.717, 1.165) is 18.4 Å². The molecule has 0 bridgehead atoms. The van der Waals surface area contributed by atoms with Crippen LogP contribution in [0, 0.1) is 17.8 Å². The van der Waals surface area contributed by atoms with Crippen LogP contribution in [0.1, 0.15) is 44.8 Å². The normalized spacial score (nSPS) is 22.1. The van der Waals surface area contributed by atoms with Crippen LogP contribution < -0.4 is 5.32 Å². The van der Waals surface area contributed by atoms with Crippen LogP contribution in [0.3, 0.4) is 0 Å². The number of rotatable bonds is 7. The van der Waals surface area contributed by atoms with E-state index in [1.807, 2.05) is 44.2 Å². The van der Waals surface area contributed by atoms with Gasteiger partial charge in [-0.1, -0.05) is 44.2 Å². The van der Waals surface area contributed by atoms with E-state index >= 15 is 0 Å². The van der Waals surface area contributed by atoms with Crippen molar-refractivity contribution in [1.29, 1.82) is 0 Å². The van der Waals surface area contributed by atoms with Crippen molar-refractivity contribution in [2.24, 2.45) is 17.8 Å². The first-order valence-electron chi connectivity index (χ1n) is 8.66.